The zero-order valence-corrected chi connectivity index (χ0v) is 15.8. The Hall–Kier alpha value is -3.30. The van der Waals surface area contributed by atoms with Crippen LogP contribution in [0.1, 0.15) is 5.56 Å². The summed E-state index contributed by atoms with van der Waals surface area (Å²) in [5, 5.41) is 13.2. The van der Waals surface area contributed by atoms with Gasteiger partial charge in [-0.1, -0.05) is 60.1 Å². The molecule has 2 heterocycles. The summed E-state index contributed by atoms with van der Waals surface area (Å²) in [7, 11) is 0. The van der Waals surface area contributed by atoms with Gasteiger partial charge in [0.25, 0.3) is 0 Å². The number of pyridine rings is 1. The van der Waals surface area contributed by atoms with E-state index in [9.17, 15) is 5.11 Å². The molecular formula is C24H18ClN2O+. The molecule has 0 aliphatic heterocycles. The van der Waals surface area contributed by atoms with E-state index >= 15 is 0 Å². The average molecular weight is 386 g/mol. The molecule has 0 atom stereocenters. The van der Waals surface area contributed by atoms with Crippen molar-refractivity contribution in [3.63, 3.8) is 0 Å². The van der Waals surface area contributed by atoms with Gasteiger partial charge in [-0.2, -0.15) is 4.57 Å². The van der Waals surface area contributed by atoms with Crippen molar-refractivity contribution in [2.45, 2.75) is 6.54 Å². The Morgan fingerprint density at radius 2 is 1.54 bits per heavy atom. The maximum Gasteiger partial charge on any atom is 0.235 e. The summed E-state index contributed by atoms with van der Waals surface area (Å²) < 4.78 is 4.27. The number of phenols is 1. The highest BCUT2D eigenvalue weighted by molar-refractivity contribution is 6.36. The van der Waals surface area contributed by atoms with E-state index in [1.54, 1.807) is 6.07 Å². The van der Waals surface area contributed by atoms with Gasteiger partial charge in [-0.3, -0.25) is 0 Å². The predicted molar refractivity (Wildman–Crippen MR) is 113 cm³/mol. The monoisotopic (exact) mass is 385 g/mol. The van der Waals surface area contributed by atoms with Crippen molar-refractivity contribution < 1.29 is 9.67 Å². The summed E-state index contributed by atoms with van der Waals surface area (Å²) >= 11 is 6.64. The molecule has 28 heavy (non-hydrogen) atoms. The normalized spacial score (nSPS) is 11.3. The molecule has 0 unspecified atom stereocenters. The lowest BCUT2D eigenvalue weighted by molar-refractivity contribution is -0.594. The second-order valence-electron chi connectivity index (χ2n) is 6.82. The second-order valence-corrected chi connectivity index (χ2v) is 7.23. The van der Waals surface area contributed by atoms with Crippen LogP contribution in [0.2, 0.25) is 5.02 Å². The van der Waals surface area contributed by atoms with Gasteiger partial charge in [0.1, 0.15) is 11.3 Å². The first-order chi connectivity index (χ1) is 13.7. The third-order valence-corrected chi connectivity index (χ3v) is 5.41. The number of rotatable bonds is 3. The number of phenolic OH excluding ortho intramolecular Hbond substituents is 1. The highest BCUT2D eigenvalue weighted by Gasteiger charge is 2.23. The van der Waals surface area contributed by atoms with Crippen LogP contribution in [-0.4, -0.2) is 9.67 Å². The molecule has 0 saturated carbocycles. The fourth-order valence-electron chi connectivity index (χ4n) is 3.90. The largest absolute Gasteiger partial charge is 0.507 e. The van der Waals surface area contributed by atoms with Crippen molar-refractivity contribution in [3.8, 4) is 11.4 Å². The van der Waals surface area contributed by atoms with E-state index in [0.717, 1.165) is 27.5 Å². The summed E-state index contributed by atoms with van der Waals surface area (Å²) in [6.45, 7) is 0.661. The van der Waals surface area contributed by atoms with Crippen molar-refractivity contribution in [1.82, 2.24) is 4.57 Å². The van der Waals surface area contributed by atoms with Gasteiger partial charge in [0.05, 0.1) is 15.9 Å². The number of benzene rings is 3. The van der Waals surface area contributed by atoms with Crippen molar-refractivity contribution in [3.05, 3.63) is 102 Å². The van der Waals surface area contributed by atoms with Crippen LogP contribution in [-0.2, 0) is 6.54 Å². The summed E-state index contributed by atoms with van der Waals surface area (Å²) in [4.78, 5) is 0. The van der Waals surface area contributed by atoms with E-state index < -0.39 is 0 Å². The number of aromatic nitrogens is 2. The molecule has 0 saturated heterocycles. The molecular weight excluding hydrogens is 368 g/mol. The molecule has 0 amide bonds. The molecule has 0 fully saturated rings. The number of nitrogens with zero attached hydrogens (tertiary/aromatic N) is 2. The van der Waals surface area contributed by atoms with Crippen LogP contribution in [0.3, 0.4) is 0 Å². The highest BCUT2D eigenvalue weighted by atomic mass is 35.5. The fourth-order valence-corrected chi connectivity index (χ4v) is 4.18. The molecule has 3 nitrogen and oxygen atoms in total. The standard InChI is InChI=1S/C24H17ClN2O/c25-19-11-7-10-18-22-21(28)13-12-20(26-14-5-2-6-15-26)24(22)27(23(18)19)16-17-8-3-1-4-9-17/h1-15H,16H2/p+1. The summed E-state index contributed by atoms with van der Waals surface area (Å²) in [5.41, 5.74) is 4.07. The molecule has 0 aliphatic rings. The van der Waals surface area contributed by atoms with E-state index in [0.29, 0.717) is 11.6 Å². The summed E-state index contributed by atoms with van der Waals surface area (Å²) in [6.07, 6.45) is 4.02. The Morgan fingerprint density at radius 3 is 2.32 bits per heavy atom. The molecule has 1 N–H and O–H groups in total. The van der Waals surface area contributed by atoms with Crippen molar-refractivity contribution in [1.29, 1.82) is 0 Å². The van der Waals surface area contributed by atoms with Gasteiger partial charge < -0.3 is 9.67 Å². The number of halogens is 1. The van der Waals surface area contributed by atoms with Gasteiger partial charge in [-0.05, 0) is 17.7 Å². The number of fused-ring (bicyclic) bond motifs is 3. The lowest BCUT2D eigenvalue weighted by Crippen LogP contribution is -2.29. The average Bonchev–Trinajstić information content (AvgIpc) is 3.06. The molecule has 3 aromatic carbocycles. The quantitative estimate of drug-likeness (QED) is 0.409. The Morgan fingerprint density at radius 1 is 0.786 bits per heavy atom. The minimum absolute atomic E-state index is 0.259. The summed E-state index contributed by atoms with van der Waals surface area (Å²) in [5.74, 6) is 0.259. The van der Waals surface area contributed by atoms with E-state index in [1.165, 1.54) is 5.56 Å². The first-order valence-electron chi connectivity index (χ1n) is 9.17. The lowest BCUT2D eigenvalue weighted by Gasteiger charge is -2.10. The molecule has 0 spiro atoms. The van der Waals surface area contributed by atoms with Gasteiger partial charge in [0.2, 0.25) is 5.69 Å². The number of hydrogen-bond donors (Lipinski definition) is 1. The van der Waals surface area contributed by atoms with Crippen molar-refractivity contribution >= 4 is 33.4 Å². The van der Waals surface area contributed by atoms with Gasteiger partial charge in [-0.15, -0.1) is 0 Å². The third kappa shape index (κ3) is 2.63. The van der Waals surface area contributed by atoms with Gasteiger partial charge in [0, 0.05) is 30.1 Å². The van der Waals surface area contributed by atoms with E-state index in [2.05, 4.69) is 21.3 Å². The molecule has 2 aromatic heterocycles. The minimum atomic E-state index is 0.259. The Bertz CT molecular complexity index is 1290. The highest BCUT2D eigenvalue weighted by Crippen LogP contribution is 2.40. The van der Waals surface area contributed by atoms with E-state index in [4.69, 9.17) is 11.6 Å². The topological polar surface area (TPSA) is 29.0 Å². The predicted octanol–water partition coefficient (Wildman–Crippen LogP) is 5.48. The maximum atomic E-state index is 10.7. The van der Waals surface area contributed by atoms with Gasteiger partial charge in [-0.25, -0.2) is 0 Å². The van der Waals surface area contributed by atoms with Crippen LogP contribution in [0.25, 0.3) is 27.5 Å². The molecule has 0 aliphatic carbocycles. The van der Waals surface area contributed by atoms with E-state index in [-0.39, 0.29) is 5.75 Å². The van der Waals surface area contributed by atoms with Gasteiger partial charge in [0.15, 0.2) is 12.4 Å². The number of aromatic hydroxyl groups is 1. The number of hydrogen-bond acceptors (Lipinski definition) is 1. The zero-order chi connectivity index (χ0) is 19.1. The first-order valence-corrected chi connectivity index (χ1v) is 9.55. The van der Waals surface area contributed by atoms with Crippen LogP contribution in [0, 0.1) is 0 Å². The van der Waals surface area contributed by atoms with Crippen molar-refractivity contribution in [2.75, 3.05) is 0 Å². The minimum Gasteiger partial charge on any atom is -0.507 e. The molecule has 5 aromatic rings. The molecule has 0 radical (unpaired) electrons. The van der Waals surface area contributed by atoms with Crippen LogP contribution in [0.5, 0.6) is 5.75 Å². The molecule has 5 rings (SSSR count). The smallest absolute Gasteiger partial charge is 0.235 e. The number of para-hydroxylation sites is 1. The van der Waals surface area contributed by atoms with Crippen LogP contribution in [0.4, 0.5) is 0 Å². The van der Waals surface area contributed by atoms with Gasteiger partial charge >= 0.3 is 0 Å². The van der Waals surface area contributed by atoms with Crippen LogP contribution < -0.4 is 4.57 Å². The lowest BCUT2D eigenvalue weighted by atomic mass is 10.1. The third-order valence-electron chi connectivity index (χ3n) is 5.11. The molecule has 0 bridgehead atoms. The fraction of sp³-hybridized carbons (Fsp3) is 0.0417. The van der Waals surface area contributed by atoms with Crippen LogP contribution >= 0.6 is 11.6 Å². The van der Waals surface area contributed by atoms with E-state index in [1.807, 2.05) is 73.1 Å². The first kappa shape index (κ1) is 16.8. The SMILES string of the molecule is Oc1ccc(-[n+]2ccccc2)c2c1c1cccc(Cl)c1n2Cc1ccccc1. The molecule has 136 valence electrons. The second kappa shape index (κ2) is 6.70. The Balaban J connectivity index is 1.93. The zero-order valence-electron chi connectivity index (χ0n) is 15.1. The van der Waals surface area contributed by atoms with Crippen LogP contribution in [0.15, 0.2) is 91.3 Å². The Kier molecular flexibility index (Phi) is 4.03. The Labute approximate surface area is 167 Å². The van der Waals surface area contributed by atoms with Crippen molar-refractivity contribution in [2.24, 2.45) is 0 Å². The summed E-state index contributed by atoms with van der Waals surface area (Å²) in [6, 6.07) is 25.8. The molecule has 4 heteroatoms. The maximum absolute atomic E-state index is 10.7.